The number of benzene rings is 2. The zero-order valence-corrected chi connectivity index (χ0v) is 20.3. The molecule has 0 saturated carbocycles. The van der Waals surface area contributed by atoms with Gasteiger partial charge in [0.05, 0.1) is 33.6 Å². The van der Waals surface area contributed by atoms with E-state index in [0.29, 0.717) is 11.3 Å². The molecule has 2 aromatic carbocycles. The van der Waals surface area contributed by atoms with Crippen molar-refractivity contribution in [2.75, 3.05) is 14.1 Å². The SMILES string of the molecule is CCCn1c(CSc2ncc(-c3ccccc3)n2C)nc2cc(S(=O)(=O)N(C)C)ccc21. The van der Waals surface area contributed by atoms with Crippen molar-refractivity contribution in [2.45, 2.75) is 35.7 Å². The lowest BCUT2D eigenvalue weighted by Crippen LogP contribution is -2.22. The number of imidazole rings is 2. The highest BCUT2D eigenvalue weighted by Gasteiger charge is 2.20. The van der Waals surface area contributed by atoms with E-state index in [4.69, 9.17) is 4.98 Å². The van der Waals surface area contributed by atoms with E-state index in [1.165, 1.54) is 18.4 Å². The third kappa shape index (κ3) is 4.20. The Kier molecular flexibility index (Phi) is 6.41. The van der Waals surface area contributed by atoms with Crippen molar-refractivity contribution < 1.29 is 8.42 Å². The first-order chi connectivity index (χ1) is 15.3. The van der Waals surface area contributed by atoms with E-state index in [2.05, 4.69) is 33.2 Å². The maximum absolute atomic E-state index is 12.5. The van der Waals surface area contributed by atoms with E-state index < -0.39 is 10.0 Å². The van der Waals surface area contributed by atoms with E-state index >= 15 is 0 Å². The maximum atomic E-state index is 12.5. The molecule has 4 rings (SSSR count). The average molecular weight is 470 g/mol. The van der Waals surface area contributed by atoms with Gasteiger partial charge in [-0.25, -0.2) is 22.7 Å². The second kappa shape index (κ2) is 9.09. The maximum Gasteiger partial charge on any atom is 0.242 e. The number of nitrogens with zero attached hydrogens (tertiary/aromatic N) is 5. The Morgan fingerprint density at radius 3 is 2.53 bits per heavy atom. The van der Waals surface area contributed by atoms with E-state index in [0.717, 1.165) is 40.7 Å². The van der Waals surface area contributed by atoms with Crippen LogP contribution in [0.1, 0.15) is 19.2 Å². The van der Waals surface area contributed by atoms with Crippen molar-refractivity contribution in [3.63, 3.8) is 0 Å². The molecular weight excluding hydrogens is 442 g/mol. The van der Waals surface area contributed by atoms with Gasteiger partial charge in [-0.1, -0.05) is 49.0 Å². The summed E-state index contributed by atoms with van der Waals surface area (Å²) in [5.74, 6) is 1.55. The molecule has 0 N–H and O–H groups in total. The molecule has 2 aromatic heterocycles. The first-order valence-electron chi connectivity index (χ1n) is 10.4. The van der Waals surface area contributed by atoms with Gasteiger partial charge < -0.3 is 9.13 Å². The van der Waals surface area contributed by atoms with Gasteiger partial charge >= 0.3 is 0 Å². The molecule has 0 radical (unpaired) electrons. The fourth-order valence-corrected chi connectivity index (χ4v) is 5.47. The first-order valence-corrected chi connectivity index (χ1v) is 12.9. The minimum absolute atomic E-state index is 0.256. The molecule has 0 amide bonds. The van der Waals surface area contributed by atoms with Gasteiger partial charge in [-0.05, 0) is 30.2 Å². The molecule has 0 unspecified atom stereocenters. The number of rotatable bonds is 8. The van der Waals surface area contributed by atoms with Crippen molar-refractivity contribution in [3.8, 4) is 11.3 Å². The smallest absolute Gasteiger partial charge is 0.242 e. The molecule has 0 spiro atoms. The van der Waals surface area contributed by atoms with Crippen molar-refractivity contribution >= 4 is 32.8 Å². The first kappa shape index (κ1) is 22.6. The monoisotopic (exact) mass is 469 g/mol. The van der Waals surface area contributed by atoms with Crippen LogP contribution in [0, 0.1) is 0 Å². The van der Waals surface area contributed by atoms with Crippen molar-refractivity contribution in [2.24, 2.45) is 7.05 Å². The summed E-state index contributed by atoms with van der Waals surface area (Å²) in [6.07, 6.45) is 2.85. The molecule has 7 nitrogen and oxygen atoms in total. The number of aromatic nitrogens is 4. The van der Waals surface area contributed by atoms with E-state index in [1.54, 1.807) is 23.9 Å². The van der Waals surface area contributed by atoms with Crippen molar-refractivity contribution in [3.05, 3.63) is 60.6 Å². The molecule has 0 aliphatic carbocycles. The van der Waals surface area contributed by atoms with E-state index in [9.17, 15) is 8.42 Å². The summed E-state index contributed by atoms with van der Waals surface area (Å²) in [6, 6.07) is 15.4. The molecule has 0 aliphatic heterocycles. The summed E-state index contributed by atoms with van der Waals surface area (Å²) < 4.78 is 30.6. The molecule has 32 heavy (non-hydrogen) atoms. The third-order valence-electron chi connectivity index (χ3n) is 5.37. The standard InChI is InChI=1S/C23H27N5O2S2/c1-5-13-28-20-12-11-18(32(29,30)26(2)3)14-19(20)25-22(28)16-31-23-24-15-21(27(23)4)17-9-7-6-8-10-17/h6-12,14-15H,5,13,16H2,1-4H3. The summed E-state index contributed by atoms with van der Waals surface area (Å²) in [5, 5.41) is 0.912. The number of hydrogen-bond acceptors (Lipinski definition) is 5. The Labute approximate surface area is 193 Å². The highest BCUT2D eigenvalue weighted by atomic mass is 32.2. The lowest BCUT2D eigenvalue weighted by atomic mass is 10.2. The second-order valence-electron chi connectivity index (χ2n) is 7.76. The normalized spacial score (nSPS) is 12.2. The highest BCUT2D eigenvalue weighted by Crippen LogP contribution is 2.29. The molecule has 0 atom stereocenters. The number of aryl methyl sites for hydroxylation is 1. The predicted octanol–water partition coefficient (Wildman–Crippen LogP) is 4.39. The number of hydrogen-bond donors (Lipinski definition) is 0. The van der Waals surface area contributed by atoms with Crippen LogP contribution in [0.25, 0.3) is 22.3 Å². The summed E-state index contributed by atoms with van der Waals surface area (Å²) in [7, 11) is 1.59. The predicted molar refractivity (Wildman–Crippen MR) is 129 cm³/mol. The van der Waals surface area contributed by atoms with Crippen LogP contribution >= 0.6 is 11.8 Å². The summed E-state index contributed by atoms with van der Waals surface area (Å²) >= 11 is 1.63. The number of fused-ring (bicyclic) bond motifs is 1. The topological polar surface area (TPSA) is 73.0 Å². The zero-order valence-electron chi connectivity index (χ0n) is 18.7. The van der Waals surface area contributed by atoms with Crippen LogP contribution in [-0.2, 0) is 29.4 Å². The van der Waals surface area contributed by atoms with Gasteiger partial charge in [-0.15, -0.1) is 0 Å². The second-order valence-corrected chi connectivity index (χ2v) is 10.9. The number of thioether (sulfide) groups is 1. The van der Waals surface area contributed by atoms with E-state index in [-0.39, 0.29) is 4.90 Å². The van der Waals surface area contributed by atoms with Crippen LogP contribution in [0.2, 0.25) is 0 Å². The van der Waals surface area contributed by atoms with Gasteiger partial charge in [0.25, 0.3) is 0 Å². The summed E-state index contributed by atoms with van der Waals surface area (Å²) in [5.41, 5.74) is 3.84. The average Bonchev–Trinajstić information content (AvgIpc) is 3.32. The van der Waals surface area contributed by atoms with Crippen molar-refractivity contribution in [1.29, 1.82) is 0 Å². The largest absolute Gasteiger partial charge is 0.327 e. The molecule has 168 valence electrons. The molecule has 0 bridgehead atoms. The Balaban J connectivity index is 1.64. The van der Waals surface area contributed by atoms with E-state index in [1.807, 2.05) is 37.5 Å². The van der Waals surface area contributed by atoms with Gasteiger partial charge in [-0.3, -0.25) is 0 Å². The van der Waals surface area contributed by atoms with Gasteiger partial charge in [0.15, 0.2) is 5.16 Å². The summed E-state index contributed by atoms with van der Waals surface area (Å²) in [6.45, 7) is 2.94. The van der Waals surface area contributed by atoms with Gasteiger partial charge in [0.2, 0.25) is 10.0 Å². The van der Waals surface area contributed by atoms with Crippen LogP contribution in [0.5, 0.6) is 0 Å². The summed E-state index contributed by atoms with van der Waals surface area (Å²) in [4.78, 5) is 9.66. The molecule has 2 heterocycles. The molecule has 0 fully saturated rings. The van der Waals surface area contributed by atoms with Crippen LogP contribution in [-0.4, -0.2) is 45.9 Å². The number of sulfonamides is 1. The Hall–Kier alpha value is -2.62. The molecule has 4 aromatic rings. The Bertz CT molecular complexity index is 1340. The van der Waals surface area contributed by atoms with Crippen LogP contribution < -0.4 is 0 Å². The van der Waals surface area contributed by atoms with Gasteiger partial charge in [0, 0.05) is 27.7 Å². The van der Waals surface area contributed by atoms with Crippen molar-refractivity contribution in [1.82, 2.24) is 23.4 Å². The Morgan fingerprint density at radius 1 is 1.09 bits per heavy atom. The van der Waals surface area contributed by atoms with Crippen LogP contribution in [0.4, 0.5) is 0 Å². The fraction of sp³-hybridized carbons (Fsp3) is 0.304. The molecule has 0 saturated heterocycles. The highest BCUT2D eigenvalue weighted by molar-refractivity contribution is 7.98. The third-order valence-corrected chi connectivity index (χ3v) is 8.22. The zero-order chi connectivity index (χ0) is 22.9. The quantitative estimate of drug-likeness (QED) is 0.358. The van der Waals surface area contributed by atoms with Crippen LogP contribution in [0.3, 0.4) is 0 Å². The molecule has 9 heteroatoms. The molecule has 0 aliphatic rings. The minimum atomic E-state index is -3.50. The lowest BCUT2D eigenvalue weighted by Gasteiger charge is -2.11. The van der Waals surface area contributed by atoms with Gasteiger partial charge in [0.1, 0.15) is 5.82 Å². The lowest BCUT2D eigenvalue weighted by molar-refractivity contribution is 0.521. The molecular formula is C23H27N5O2S2. The van der Waals surface area contributed by atoms with Gasteiger partial charge in [-0.2, -0.15) is 0 Å². The minimum Gasteiger partial charge on any atom is -0.327 e. The Morgan fingerprint density at radius 2 is 1.84 bits per heavy atom. The van der Waals surface area contributed by atoms with Crippen LogP contribution in [0.15, 0.2) is 64.8 Å². The fourth-order valence-electron chi connectivity index (χ4n) is 3.65.